The van der Waals surface area contributed by atoms with E-state index in [4.69, 9.17) is 12.2 Å². The highest BCUT2D eigenvalue weighted by Gasteiger charge is 2.33. The van der Waals surface area contributed by atoms with Gasteiger partial charge in [-0.25, -0.2) is 0 Å². The molecule has 0 saturated carbocycles. The van der Waals surface area contributed by atoms with E-state index in [-0.39, 0.29) is 9.23 Å². The van der Waals surface area contributed by atoms with Crippen molar-refractivity contribution in [3.63, 3.8) is 0 Å². The van der Waals surface area contributed by atoms with Crippen molar-refractivity contribution in [3.05, 3.63) is 38.8 Å². The van der Waals surface area contributed by atoms with Gasteiger partial charge in [0.1, 0.15) is 0 Å². The number of nitrogens with zero attached hydrogens (tertiary/aromatic N) is 2. The second-order valence-electron chi connectivity index (χ2n) is 4.17. The number of hydrogen-bond donors (Lipinski definition) is 1. The minimum atomic E-state index is -0.789. The molecule has 0 unspecified atom stereocenters. The first-order valence-electron chi connectivity index (χ1n) is 5.80. The van der Waals surface area contributed by atoms with Crippen molar-refractivity contribution in [1.29, 1.82) is 0 Å². The Balaban J connectivity index is 2.33. The maximum absolute atomic E-state index is 12.1. The number of carbonyl (C=O) groups is 2. The van der Waals surface area contributed by atoms with Crippen molar-refractivity contribution in [1.82, 2.24) is 10.4 Å². The zero-order valence-electron chi connectivity index (χ0n) is 11.1. The fraction of sp³-hybridized carbons (Fsp3) is 0.0833. The minimum Gasteiger partial charge on any atom is -0.868 e. The summed E-state index contributed by atoms with van der Waals surface area (Å²) in [5.41, 5.74) is 2.02. The number of nitro benzene ring substituents is 1. The molecule has 2 amide bonds. The van der Waals surface area contributed by atoms with Gasteiger partial charge in [-0.2, -0.15) is 5.01 Å². The largest absolute Gasteiger partial charge is 0.868 e. The number of benzene rings is 1. The second kappa shape index (κ2) is 6.12. The van der Waals surface area contributed by atoms with Crippen molar-refractivity contribution in [2.24, 2.45) is 0 Å². The molecule has 1 fully saturated rings. The van der Waals surface area contributed by atoms with Gasteiger partial charge in [0.05, 0.1) is 9.83 Å². The van der Waals surface area contributed by atoms with Crippen molar-refractivity contribution in [3.8, 4) is 5.75 Å². The van der Waals surface area contributed by atoms with Gasteiger partial charge in [-0.15, -0.1) is 0 Å². The van der Waals surface area contributed by atoms with E-state index in [1.165, 1.54) is 19.1 Å². The summed E-state index contributed by atoms with van der Waals surface area (Å²) in [6.45, 7) is 1.23. The fourth-order valence-corrected chi connectivity index (χ4v) is 2.82. The van der Waals surface area contributed by atoms with E-state index < -0.39 is 28.2 Å². The molecule has 1 aromatic rings. The van der Waals surface area contributed by atoms with Crippen molar-refractivity contribution < 1.29 is 19.6 Å². The lowest BCUT2D eigenvalue weighted by molar-refractivity contribution is -0.398. The lowest BCUT2D eigenvalue weighted by Gasteiger charge is -2.13. The number of nitrogens with one attached hydrogen (secondary N) is 1. The summed E-state index contributed by atoms with van der Waals surface area (Å²) >= 11 is 5.91. The first kappa shape index (κ1) is 15.9. The van der Waals surface area contributed by atoms with E-state index in [1.54, 1.807) is 0 Å². The number of hydrazine groups is 1. The van der Waals surface area contributed by atoms with Gasteiger partial charge in [-0.1, -0.05) is 23.9 Å². The standard InChI is InChI=1S/C12H9N3O5S2/c1-6(16)13-14-11(18)10(22-12(14)21)5-7-2-3-9(17)8(4-7)15(19)20/h2-5,17H,1H3,(H,13,16)/p-1/b10-5-. The Morgan fingerprint density at radius 1 is 1.50 bits per heavy atom. The van der Waals surface area contributed by atoms with Crippen LogP contribution in [0.15, 0.2) is 23.1 Å². The monoisotopic (exact) mass is 338 g/mol. The molecule has 1 aliphatic rings. The highest BCUT2D eigenvalue weighted by molar-refractivity contribution is 8.26. The molecule has 1 aliphatic heterocycles. The fourth-order valence-electron chi connectivity index (χ4n) is 1.64. The van der Waals surface area contributed by atoms with Crippen LogP contribution in [0.25, 0.3) is 6.08 Å². The van der Waals surface area contributed by atoms with E-state index in [1.807, 2.05) is 0 Å². The van der Waals surface area contributed by atoms with Crippen molar-refractivity contribution in [2.75, 3.05) is 0 Å². The molecule has 10 heteroatoms. The third kappa shape index (κ3) is 3.23. The van der Waals surface area contributed by atoms with Gasteiger partial charge < -0.3 is 5.11 Å². The number of amides is 2. The molecule has 1 saturated heterocycles. The van der Waals surface area contributed by atoms with Gasteiger partial charge in [-0.05, 0) is 29.6 Å². The zero-order chi connectivity index (χ0) is 16.4. The van der Waals surface area contributed by atoms with E-state index >= 15 is 0 Å². The summed E-state index contributed by atoms with van der Waals surface area (Å²) in [5, 5.41) is 23.0. The highest BCUT2D eigenvalue weighted by atomic mass is 32.2. The minimum absolute atomic E-state index is 0.140. The molecule has 22 heavy (non-hydrogen) atoms. The third-order valence-corrected chi connectivity index (χ3v) is 3.84. The van der Waals surface area contributed by atoms with E-state index in [0.29, 0.717) is 5.56 Å². The molecule has 0 spiro atoms. The Morgan fingerprint density at radius 3 is 2.77 bits per heavy atom. The van der Waals surface area contributed by atoms with Gasteiger partial charge in [0.25, 0.3) is 11.6 Å². The molecule has 1 N–H and O–H groups in total. The van der Waals surface area contributed by atoms with Gasteiger partial charge >= 0.3 is 0 Å². The molecule has 114 valence electrons. The number of thiocarbonyl (C=S) groups is 1. The van der Waals surface area contributed by atoms with Crippen LogP contribution in [-0.4, -0.2) is 26.1 Å². The predicted octanol–water partition coefficient (Wildman–Crippen LogP) is 0.921. The zero-order valence-corrected chi connectivity index (χ0v) is 12.7. The Labute approximate surface area is 133 Å². The smallest absolute Gasteiger partial charge is 0.285 e. The van der Waals surface area contributed by atoms with Crippen molar-refractivity contribution >= 4 is 51.9 Å². The summed E-state index contributed by atoms with van der Waals surface area (Å²) in [6.07, 6.45) is 1.37. The van der Waals surface area contributed by atoms with Gasteiger partial charge in [-0.3, -0.25) is 25.1 Å². The quantitative estimate of drug-likeness (QED) is 0.377. The summed E-state index contributed by atoms with van der Waals surface area (Å²) in [5.74, 6) is -1.71. The Bertz CT molecular complexity index is 731. The Hall–Kier alpha value is -2.46. The summed E-state index contributed by atoms with van der Waals surface area (Å²) in [7, 11) is 0. The molecular weight excluding hydrogens is 330 g/mol. The highest BCUT2D eigenvalue weighted by Crippen LogP contribution is 2.32. The van der Waals surface area contributed by atoms with Crippen LogP contribution in [0.4, 0.5) is 5.69 Å². The van der Waals surface area contributed by atoms with Crippen LogP contribution in [0.3, 0.4) is 0 Å². The van der Waals surface area contributed by atoms with Gasteiger partial charge in [0, 0.05) is 13.0 Å². The van der Waals surface area contributed by atoms with Crippen LogP contribution in [0.5, 0.6) is 5.75 Å². The lowest BCUT2D eigenvalue weighted by Crippen LogP contribution is -2.43. The molecule has 2 rings (SSSR count). The summed E-state index contributed by atoms with van der Waals surface area (Å²) in [6, 6.07) is 3.49. The molecule has 1 aromatic carbocycles. The molecule has 0 atom stereocenters. The van der Waals surface area contributed by atoms with Crippen LogP contribution in [0.1, 0.15) is 12.5 Å². The lowest BCUT2D eigenvalue weighted by atomic mass is 10.1. The first-order valence-corrected chi connectivity index (χ1v) is 7.02. The number of nitro groups is 1. The maximum atomic E-state index is 12.1. The predicted molar refractivity (Wildman–Crippen MR) is 81.4 cm³/mol. The van der Waals surface area contributed by atoms with Gasteiger partial charge in [0.2, 0.25) is 5.91 Å². The average Bonchev–Trinajstić information content (AvgIpc) is 2.68. The topological polar surface area (TPSA) is 116 Å². The molecule has 1 heterocycles. The SMILES string of the molecule is CC(=O)NN1C(=O)/C(=C/c2ccc([O-])c([N+](=O)[O-])c2)SC1=S. The molecule has 0 aromatic heterocycles. The molecular formula is C12H8N3O5S2-. The van der Waals surface area contributed by atoms with Crippen LogP contribution < -0.4 is 10.5 Å². The Kier molecular flexibility index (Phi) is 4.43. The molecule has 0 bridgehead atoms. The molecule has 0 aliphatic carbocycles. The average molecular weight is 338 g/mol. The number of hydrogen-bond acceptors (Lipinski definition) is 7. The van der Waals surface area contributed by atoms with E-state index in [9.17, 15) is 24.8 Å². The van der Waals surface area contributed by atoms with E-state index in [0.717, 1.165) is 28.9 Å². The van der Waals surface area contributed by atoms with Crippen LogP contribution in [0, 0.1) is 10.1 Å². The summed E-state index contributed by atoms with van der Waals surface area (Å²) < 4.78 is 0.140. The summed E-state index contributed by atoms with van der Waals surface area (Å²) in [4.78, 5) is 33.2. The van der Waals surface area contributed by atoms with Crippen molar-refractivity contribution in [2.45, 2.75) is 6.92 Å². The van der Waals surface area contributed by atoms with E-state index in [2.05, 4.69) is 5.43 Å². The molecule has 8 nitrogen and oxygen atoms in total. The first-order chi connectivity index (χ1) is 10.3. The Morgan fingerprint density at radius 2 is 2.18 bits per heavy atom. The van der Waals surface area contributed by atoms with Crippen LogP contribution >= 0.6 is 24.0 Å². The molecule has 0 radical (unpaired) electrons. The normalized spacial score (nSPS) is 16.2. The van der Waals surface area contributed by atoms with Gasteiger partial charge in [0.15, 0.2) is 4.32 Å². The number of rotatable bonds is 3. The number of thioether (sulfide) groups is 1. The number of carbonyl (C=O) groups excluding carboxylic acids is 2. The van der Waals surface area contributed by atoms with Crippen LogP contribution in [-0.2, 0) is 9.59 Å². The third-order valence-electron chi connectivity index (χ3n) is 2.54. The maximum Gasteiger partial charge on any atom is 0.285 e. The van der Waals surface area contributed by atoms with Crippen LogP contribution in [0.2, 0.25) is 0 Å². The second-order valence-corrected chi connectivity index (χ2v) is 5.85.